The van der Waals surface area contributed by atoms with Crippen molar-refractivity contribution in [1.82, 2.24) is 4.90 Å². The lowest BCUT2D eigenvalue weighted by molar-refractivity contribution is -0.148. The summed E-state index contributed by atoms with van der Waals surface area (Å²) in [6.45, 7) is 10.7. The SMILES string of the molecule is CC1=C[C@H](C)[C@@H](COC(=O)CN2CCOCC2)[C@@H](C)C1. The van der Waals surface area contributed by atoms with Crippen LogP contribution < -0.4 is 0 Å². The van der Waals surface area contributed by atoms with Gasteiger partial charge in [0.2, 0.25) is 0 Å². The molecule has 20 heavy (non-hydrogen) atoms. The van der Waals surface area contributed by atoms with E-state index in [4.69, 9.17) is 9.47 Å². The first kappa shape index (κ1) is 15.5. The fourth-order valence-electron chi connectivity index (χ4n) is 3.31. The van der Waals surface area contributed by atoms with Crippen molar-refractivity contribution in [3.8, 4) is 0 Å². The molecule has 0 N–H and O–H groups in total. The first-order valence-corrected chi connectivity index (χ1v) is 7.69. The van der Waals surface area contributed by atoms with Gasteiger partial charge in [0, 0.05) is 19.0 Å². The molecule has 0 saturated carbocycles. The Labute approximate surface area is 122 Å². The maximum atomic E-state index is 11.9. The molecule has 0 bridgehead atoms. The molecule has 0 aromatic heterocycles. The highest BCUT2D eigenvalue weighted by molar-refractivity contribution is 5.71. The molecule has 1 fully saturated rings. The molecule has 0 spiro atoms. The van der Waals surface area contributed by atoms with Crippen LogP contribution in [0, 0.1) is 17.8 Å². The zero-order chi connectivity index (χ0) is 14.5. The second kappa shape index (κ2) is 7.23. The Kier molecular flexibility index (Phi) is 5.61. The van der Waals surface area contributed by atoms with Crippen LogP contribution in [0.15, 0.2) is 11.6 Å². The number of allylic oxidation sites excluding steroid dienone is 2. The number of rotatable bonds is 4. The Balaban J connectivity index is 1.75. The summed E-state index contributed by atoms with van der Waals surface area (Å²) >= 11 is 0. The van der Waals surface area contributed by atoms with E-state index in [1.807, 2.05) is 0 Å². The van der Waals surface area contributed by atoms with Crippen molar-refractivity contribution in [2.24, 2.45) is 17.8 Å². The number of hydrogen-bond acceptors (Lipinski definition) is 4. The molecule has 0 aromatic rings. The van der Waals surface area contributed by atoms with E-state index < -0.39 is 0 Å². The highest BCUT2D eigenvalue weighted by Crippen LogP contribution is 2.33. The minimum Gasteiger partial charge on any atom is -0.464 e. The zero-order valence-corrected chi connectivity index (χ0v) is 12.9. The van der Waals surface area contributed by atoms with Crippen LogP contribution in [0.4, 0.5) is 0 Å². The molecule has 2 aliphatic rings. The first-order valence-electron chi connectivity index (χ1n) is 7.69. The van der Waals surface area contributed by atoms with Crippen LogP contribution in [0.5, 0.6) is 0 Å². The predicted molar refractivity (Wildman–Crippen MR) is 78.4 cm³/mol. The van der Waals surface area contributed by atoms with E-state index in [-0.39, 0.29) is 5.97 Å². The van der Waals surface area contributed by atoms with Gasteiger partial charge in [0.1, 0.15) is 0 Å². The normalized spacial score (nSPS) is 31.8. The van der Waals surface area contributed by atoms with Crippen molar-refractivity contribution >= 4 is 5.97 Å². The van der Waals surface area contributed by atoms with Crippen molar-refractivity contribution < 1.29 is 14.3 Å². The third-order valence-corrected chi connectivity index (χ3v) is 4.49. The van der Waals surface area contributed by atoms with Crippen molar-refractivity contribution in [2.75, 3.05) is 39.5 Å². The predicted octanol–water partition coefficient (Wildman–Crippen LogP) is 2.10. The van der Waals surface area contributed by atoms with Gasteiger partial charge in [0.25, 0.3) is 0 Å². The van der Waals surface area contributed by atoms with Crippen LogP contribution in [-0.2, 0) is 14.3 Å². The first-order chi connectivity index (χ1) is 9.56. The maximum Gasteiger partial charge on any atom is 0.320 e. The van der Waals surface area contributed by atoms with Gasteiger partial charge in [0.15, 0.2) is 0 Å². The highest BCUT2D eigenvalue weighted by Gasteiger charge is 2.28. The molecule has 0 aromatic carbocycles. The van der Waals surface area contributed by atoms with Gasteiger partial charge in [-0.1, -0.05) is 25.5 Å². The summed E-state index contributed by atoms with van der Waals surface area (Å²) in [4.78, 5) is 14.0. The number of carbonyl (C=O) groups is 1. The quantitative estimate of drug-likeness (QED) is 0.584. The van der Waals surface area contributed by atoms with E-state index >= 15 is 0 Å². The smallest absolute Gasteiger partial charge is 0.320 e. The van der Waals surface area contributed by atoms with Gasteiger partial charge in [-0.2, -0.15) is 0 Å². The van der Waals surface area contributed by atoms with E-state index in [0.29, 0.717) is 44.1 Å². The molecule has 1 heterocycles. The lowest BCUT2D eigenvalue weighted by Crippen LogP contribution is -2.40. The van der Waals surface area contributed by atoms with Gasteiger partial charge >= 0.3 is 5.97 Å². The summed E-state index contributed by atoms with van der Waals surface area (Å²) in [6.07, 6.45) is 3.44. The molecule has 1 saturated heterocycles. The number of ether oxygens (including phenoxy) is 2. The zero-order valence-electron chi connectivity index (χ0n) is 12.9. The van der Waals surface area contributed by atoms with Crippen molar-refractivity contribution in [3.63, 3.8) is 0 Å². The fourth-order valence-corrected chi connectivity index (χ4v) is 3.31. The summed E-state index contributed by atoms with van der Waals surface area (Å²) in [6, 6.07) is 0. The van der Waals surface area contributed by atoms with Crippen LogP contribution in [-0.4, -0.2) is 50.3 Å². The van der Waals surface area contributed by atoms with Gasteiger partial charge in [-0.3, -0.25) is 9.69 Å². The van der Waals surface area contributed by atoms with Crippen molar-refractivity contribution in [1.29, 1.82) is 0 Å². The Morgan fingerprint density at radius 1 is 1.40 bits per heavy atom. The molecular formula is C16H27NO3. The molecule has 0 unspecified atom stereocenters. The van der Waals surface area contributed by atoms with E-state index in [2.05, 4.69) is 31.7 Å². The van der Waals surface area contributed by atoms with Crippen LogP contribution in [0.25, 0.3) is 0 Å². The second-order valence-corrected chi connectivity index (χ2v) is 6.29. The molecule has 3 atom stereocenters. The summed E-state index contributed by atoms with van der Waals surface area (Å²) in [7, 11) is 0. The van der Waals surface area contributed by atoms with Gasteiger partial charge in [-0.05, 0) is 25.2 Å². The summed E-state index contributed by atoms with van der Waals surface area (Å²) in [5, 5.41) is 0. The standard InChI is InChI=1S/C16H27NO3/c1-12-8-13(2)15(14(3)9-12)11-20-16(18)10-17-4-6-19-7-5-17/h8,13-15H,4-7,9-11H2,1-3H3/t13-,14-,15+/m0/s1. The van der Waals surface area contributed by atoms with Gasteiger partial charge in [-0.15, -0.1) is 0 Å². The molecular weight excluding hydrogens is 254 g/mol. The third-order valence-electron chi connectivity index (χ3n) is 4.49. The molecule has 4 heteroatoms. The topological polar surface area (TPSA) is 38.8 Å². The second-order valence-electron chi connectivity index (χ2n) is 6.29. The van der Waals surface area contributed by atoms with Crippen molar-refractivity contribution in [2.45, 2.75) is 27.2 Å². The summed E-state index contributed by atoms with van der Waals surface area (Å²) < 4.78 is 10.8. The maximum absolute atomic E-state index is 11.9. The largest absolute Gasteiger partial charge is 0.464 e. The monoisotopic (exact) mass is 281 g/mol. The van der Waals surface area contributed by atoms with E-state index in [0.717, 1.165) is 19.5 Å². The third kappa shape index (κ3) is 4.32. The van der Waals surface area contributed by atoms with Crippen LogP contribution >= 0.6 is 0 Å². The summed E-state index contributed by atoms with van der Waals surface area (Å²) in [5.41, 5.74) is 1.46. The Bertz CT molecular complexity index is 361. The number of carbonyl (C=O) groups excluding carboxylic acids is 1. The van der Waals surface area contributed by atoms with E-state index in [1.165, 1.54) is 5.57 Å². The number of esters is 1. The number of nitrogens with zero attached hydrogens (tertiary/aromatic N) is 1. The van der Waals surface area contributed by atoms with E-state index in [1.54, 1.807) is 0 Å². The van der Waals surface area contributed by atoms with Gasteiger partial charge in [0.05, 0.1) is 26.4 Å². The molecule has 0 radical (unpaired) electrons. The number of morpholine rings is 1. The Morgan fingerprint density at radius 2 is 2.10 bits per heavy atom. The summed E-state index contributed by atoms with van der Waals surface area (Å²) in [5.74, 6) is 1.44. The van der Waals surface area contributed by atoms with E-state index in [9.17, 15) is 4.79 Å². The Hall–Kier alpha value is -0.870. The molecule has 1 aliphatic heterocycles. The molecule has 0 amide bonds. The van der Waals surface area contributed by atoms with Gasteiger partial charge < -0.3 is 9.47 Å². The molecule has 1 aliphatic carbocycles. The Morgan fingerprint density at radius 3 is 2.75 bits per heavy atom. The molecule has 2 rings (SSSR count). The minimum absolute atomic E-state index is 0.0995. The van der Waals surface area contributed by atoms with Crippen LogP contribution in [0.2, 0.25) is 0 Å². The molecule has 114 valence electrons. The van der Waals surface area contributed by atoms with Gasteiger partial charge in [-0.25, -0.2) is 0 Å². The van der Waals surface area contributed by atoms with Crippen LogP contribution in [0.1, 0.15) is 27.2 Å². The minimum atomic E-state index is -0.0995. The average Bonchev–Trinajstić information content (AvgIpc) is 2.38. The van der Waals surface area contributed by atoms with Crippen molar-refractivity contribution in [3.05, 3.63) is 11.6 Å². The average molecular weight is 281 g/mol. The lowest BCUT2D eigenvalue weighted by atomic mass is 9.75. The van der Waals surface area contributed by atoms with Crippen LogP contribution in [0.3, 0.4) is 0 Å². The highest BCUT2D eigenvalue weighted by atomic mass is 16.5. The lowest BCUT2D eigenvalue weighted by Gasteiger charge is -2.33. The number of hydrogen-bond donors (Lipinski definition) is 0. The molecule has 4 nitrogen and oxygen atoms in total. The fraction of sp³-hybridized carbons (Fsp3) is 0.812.